The van der Waals surface area contributed by atoms with Gasteiger partial charge >= 0.3 is 0 Å². The molecule has 0 amide bonds. The zero-order valence-electron chi connectivity index (χ0n) is 9.98. The van der Waals surface area contributed by atoms with Crippen molar-refractivity contribution >= 4 is 33.4 Å². The fourth-order valence-corrected chi connectivity index (χ4v) is 2.03. The predicted molar refractivity (Wildman–Crippen MR) is 78.1 cm³/mol. The van der Waals surface area contributed by atoms with Gasteiger partial charge in [-0.2, -0.15) is 0 Å². The van der Waals surface area contributed by atoms with Crippen LogP contribution in [-0.4, -0.2) is 11.0 Å². The molecule has 0 unspecified atom stereocenters. The molecular formula is C13H9BrClFN2O2. The van der Waals surface area contributed by atoms with Crippen LogP contribution in [0.3, 0.4) is 0 Å². The van der Waals surface area contributed by atoms with Crippen LogP contribution in [0.2, 0.25) is 5.02 Å². The smallest absolute Gasteiger partial charge is 0.184 e. The van der Waals surface area contributed by atoms with Crippen molar-refractivity contribution in [3.8, 4) is 11.5 Å². The van der Waals surface area contributed by atoms with Gasteiger partial charge in [0, 0.05) is 4.47 Å². The summed E-state index contributed by atoms with van der Waals surface area (Å²) in [6, 6.07) is 9.24. The predicted octanol–water partition coefficient (Wildman–Crippen LogP) is 4.13. The van der Waals surface area contributed by atoms with Gasteiger partial charge in [0.2, 0.25) is 0 Å². The van der Waals surface area contributed by atoms with E-state index in [1.54, 1.807) is 24.3 Å². The van der Waals surface area contributed by atoms with Gasteiger partial charge in [-0.15, -0.1) is 0 Å². The summed E-state index contributed by atoms with van der Waals surface area (Å²) in [7, 11) is 0. The van der Waals surface area contributed by atoms with Crippen LogP contribution < -0.4 is 10.5 Å². The minimum absolute atomic E-state index is 0.0529. The van der Waals surface area contributed by atoms with E-state index in [9.17, 15) is 4.39 Å². The second-order valence-electron chi connectivity index (χ2n) is 3.78. The third kappa shape index (κ3) is 3.02. The number of nitrogens with zero attached hydrogens (tertiary/aromatic N) is 1. The van der Waals surface area contributed by atoms with Gasteiger partial charge in [-0.05, 0) is 30.3 Å². The summed E-state index contributed by atoms with van der Waals surface area (Å²) in [5.41, 5.74) is 5.88. The molecule has 4 nitrogen and oxygen atoms in total. The molecule has 0 spiro atoms. The standard InChI is InChI=1S/C13H9BrClFN2O2/c14-7-4-5-8(13(17)18-19)11(6-7)20-10-3-1-2-9(15)12(10)16/h1-6,19H,(H2,17,18). The zero-order chi connectivity index (χ0) is 14.7. The van der Waals surface area contributed by atoms with E-state index >= 15 is 0 Å². The van der Waals surface area contributed by atoms with Gasteiger partial charge in [-0.3, -0.25) is 0 Å². The lowest BCUT2D eigenvalue weighted by molar-refractivity contribution is 0.318. The second kappa shape index (κ2) is 6.11. The molecule has 0 fully saturated rings. The van der Waals surface area contributed by atoms with Crippen molar-refractivity contribution in [2.75, 3.05) is 0 Å². The lowest BCUT2D eigenvalue weighted by Crippen LogP contribution is -2.14. The molecule has 2 aromatic carbocycles. The van der Waals surface area contributed by atoms with Gasteiger partial charge in [-0.1, -0.05) is 38.8 Å². The molecule has 0 saturated carbocycles. The first kappa shape index (κ1) is 14.6. The van der Waals surface area contributed by atoms with Crippen LogP contribution in [0, 0.1) is 5.82 Å². The molecule has 3 N–H and O–H groups in total. The molecule has 104 valence electrons. The highest BCUT2D eigenvalue weighted by Crippen LogP contribution is 2.32. The van der Waals surface area contributed by atoms with Crippen LogP contribution >= 0.6 is 27.5 Å². The van der Waals surface area contributed by atoms with Crippen LogP contribution in [-0.2, 0) is 0 Å². The minimum atomic E-state index is -0.681. The maximum atomic E-state index is 13.8. The fraction of sp³-hybridized carbons (Fsp3) is 0. The Kier molecular flexibility index (Phi) is 4.46. The Morgan fingerprint density at radius 1 is 1.30 bits per heavy atom. The molecule has 0 radical (unpaired) electrons. The number of halogens is 3. The molecular weight excluding hydrogens is 351 g/mol. The Hall–Kier alpha value is -1.79. The van der Waals surface area contributed by atoms with Crippen LogP contribution in [0.15, 0.2) is 46.0 Å². The molecule has 0 heterocycles. The highest BCUT2D eigenvalue weighted by Gasteiger charge is 2.13. The summed E-state index contributed by atoms with van der Waals surface area (Å²) in [6.45, 7) is 0. The van der Waals surface area contributed by atoms with E-state index in [4.69, 9.17) is 27.3 Å². The summed E-state index contributed by atoms with van der Waals surface area (Å²) >= 11 is 8.96. The first-order valence-corrected chi connectivity index (χ1v) is 6.59. The van der Waals surface area contributed by atoms with Crippen LogP contribution in [0.4, 0.5) is 4.39 Å². The van der Waals surface area contributed by atoms with Crippen LogP contribution in [0.1, 0.15) is 5.56 Å². The Morgan fingerprint density at radius 2 is 2.05 bits per heavy atom. The van der Waals surface area contributed by atoms with Crippen molar-refractivity contribution in [2.24, 2.45) is 10.9 Å². The topological polar surface area (TPSA) is 67.8 Å². The molecule has 0 aliphatic heterocycles. The number of amidine groups is 1. The number of nitrogens with two attached hydrogens (primary N) is 1. The van der Waals surface area contributed by atoms with Gasteiger partial charge in [0.15, 0.2) is 17.4 Å². The van der Waals surface area contributed by atoms with Crippen LogP contribution in [0.25, 0.3) is 0 Å². The number of rotatable bonds is 3. The summed E-state index contributed by atoms with van der Waals surface area (Å²) in [6.07, 6.45) is 0. The van der Waals surface area contributed by atoms with E-state index in [-0.39, 0.29) is 22.4 Å². The van der Waals surface area contributed by atoms with E-state index in [0.29, 0.717) is 10.0 Å². The Morgan fingerprint density at radius 3 is 2.75 bits per heavy atom. The van der Waals surface area contributed by atoms with E-state index in [2.05, 4.69) is 21.1 Å². The van der Waals surface area contributed by atoms with Crippen molar-refractivity contribution in [3.05, 3.63) is 57.3 Å². The molecule has 0 saturated heterocycles. The van der Waals surface area contributed by atoms with Gasteiger partial charge in [-0.25, -0.2) is 4.39 Å². The molecule has 0 atom stereocenters. The van der Waals surface area contributed by atoms with Crippen molar-refractivity contribution < 1.29 is 14.3 Å². The van der Waals surface area contributed by atoms with E-state index in [0.717, 1.165) is 0 Å². The maximum absolute atomic E-state index is 13.8. The van der Waals surface area contributed by atoms with Gasteiger partial charge < -0.3 is 15.7 Å². The minimum Gasteiger partial charge on any atom is -0.453 e. The van der Waals surface area contributed by atoms with Crippen LogP contribution in [0.5, 0.6) is 11.5 Å². The molecule has 7 heteroatoms. The summed E-state index contributed by atoms with van der Waals surface area (Å²) in [5, 5.41) is 11.6. The van der Waals surface area contributed by atoms with E-state index in [1.807, 2.05) is 0 Å². The van der Waals surface area contributed by atoms with Crippen molar-refractivity contribution in [3.63, 3.8) is 0 Å². The largest absolute Gasteiger partial charge is 0.453 e. The van der Waals surface area contributed by atoms with Crippen molar-refractivity contribution in [1.29, 1.82) is 0 Å². The summed E-state index contributed by atoms with van der Waals surface area (Å²) < 4.78 is 20.0. The Balaban J connectivity index is 2.47. The maximum Gasteiger partial charge on any atom is 0.184 e. The Bertz CT molecular complexity index is 679. The SMILES string of the molecule is N/C(=N/O)c1ccc(Br)cc1Oc1cccc(Cl)c1F. The average molecular weight is 360 g/mol. The summed E-state index contributed by atoms with van der Waals surface area (Å²) in [5.74, 6) is -0.645. The highest BCUT2D eigenvalue weighted by atomic mass is 79.9. The number of ether oxygens (including phenoxy) is 1. The molecule has 0 aliphatic carbocycles. The first-order valence-electron chi connectivity index (χ1n) is 5.42. The molecule has 0 aliphatic rings. The molecule has 0 bridgehead atoms. The summed E-state index contributed by atoms with van der Waals surface area (Å²) in [4.78, 5) is 0. The highest BCUT2D eigenvalue weighted by molar-refractivity contribution is 9.10. The molecule has 2 rings (SSSR count). The fourth-order valence-electron chi connectivity index (χ4n) is 1.53. The number of benzene rings is 2. The van der Waals surface area contributed by atoms with Gasteiger partial charge in [0.25, 0.3) is 0 Å². The average Bonchev–Trinajstić information content (AvgIpc) is 2.43. The quantitative estimate of drug-likeness (QED) is 0.375. The normalized spacial score (nSPS) is 11.4. The molecule has 2 aromatic rings. The number of hydrogen-bond donors (Lipinski definition) is 2. The third-order valence-electron chi connectivity index (χ3n) is 2.46. The first-order chi connectivity index (χ1) is 9.52. The monoisotopic (exact) mass is 358 g/mol. The lowest BCUT2D eigenvalue weighted by Gasteiger charge is -2.11. The number of oxime groups is 1. The van der Waals surface area contributed by atoms with Crippen molar-refractivity contribution in [1.82, 2.24) is 0 Å². The molecule has 20 heavy (non-hydrogen) atoms. The lowest BCUT2D eigenvalue weighted by atomic mass is 10.2. The van der Waals surface area contributed by atoms with Crippen molar-refractivity contribution in [2.45, 2.75) is 0 Å². The van der Waals surface area contributed by atoms with Gasteiger partial charge in [0.1, 0.15) is 5.75 Å². The molecule has 0 aromatic heterocycles. The third-order valence-corrected chi connectivity index (χ3v) is 3.25. The Labute approximate surface area is 127 Å². The van der Waals surface area contributed by atoms with E-state index < -0.39 is 5.82 Å². The second-order valence-corrected chi connectivity index (χ2v) is 5.10. The van der Waals surface area contributed by atoms with Gasteiger partial charge in [0.05, 0.1) is 10.6 Å². The number of hydrogen-bond acceptors (Lipinski definition) is 3. The zero-order valence-corrected chi connectivity index (χ0v) is 12.3. The van der Waals surface area contributed by atoms with E-state index in [1.165, 1.54) is 12.1 Å².